The van der Waals surface area contributed by atoms with Crippen LogP contribution in [0.4, 0.5) is 0 Å². The van der Waals surface area contributed by atoms with Gasteiger partial charge in [0.05, 0.1) is 0 Å². The van der Waals surface area contributed by atoms with Crippen molar-refractivity contribution in [2.24, 2.45) is 0 Å². The largest absolute Gasteiger partial charge is 0.462 e. The van der Waals surface area contributed by atoms with Crippen molar-refractivity contribution in [1.29, 1.82) is 0 Å². The number of carbonyl (C=O) groups excluding carboxylic acids is 3. The molecule has 0 aliphatic carbocycles. The first-order valence-corrected chi connectivity index (χ1v) is 32.3. The number of unbranched alkanes of at least 4 members (excludes halogenated alkanes) is 38. The van der Waals surface area contributed by atoms with Gasteiger partial charge in [-0.15, -0.1) is 0 Å². The summed E-state index contributed by atoms with van der Waals surface area (Å²) in [5.41, 5.74) is 0. The molecule has 0 amide bonds. The van der Waals surface area contributed by atoms with E-state index in [0.29, 0.717) is 19.3 Å². The van der Waals surface area contributed by atoms with Gasteiger partial charge in [-0.1, -0.05) is 313 Å². The minimum Gasteiger partial charge on any atom is -0.462 e. The van der Waals surface area contributed by atoms with E-state index >= 15 is 0 Å². The molecule has 0 aliphatic heterocycles. The average molecular weight is 1040 g/mol. The van der Waals surface area contributed by atoms with Crippen LogP contribution in [-0.2, 0) is 28.6 Å². The Morgan fingerprint density at radius 2 is 0.527 bits per heavy atom. The Bertz CT molecular complexity index is 1330. The predicted octanol–water partition coefficient (Wildman–Crippen LogP) is 21.9. The lowest BCUT2D eigenvalue weighted by Gasteiger charge is -2.18. The highest BCUT2D eigenvalue weighted by molar-refractivity contribution is 5.71. The number of ether oxygens (including phenoxy) is 3. The standard InChI is InChI=1S/C68H122O6/c1-4-7-10-13-16-19-22-25-27-29-31-32-33-34-35-36-37-39-40-43-46-49-52-55-58-61-67(70)73-64-65(63-72-66(69)60-57-54-51-48-45-42-24-21-18-15-12-9-6-3)74-68(71)62-59-56-53-50-47-44-41-38-30-28-26-23-20-17-14-11-8-5-2/h7,10,16,19,25,27,31-32,34-35,65H,4-6,8-9,11-15,17-18,20-24,26,28-30,33,36-64H2,1-3H3/b10-7-,19-16-,27-25-,32-31-,35-34-. The molecule has 0 N–H and O–H groups in total. The van der Waals surface area contributed by atoms with E-state index in [1.165, 1.54) is 199 Å². The molecule has 430 valence electrons. The third-order valence-corrected chi connectivity index (χ3v) is 14.3. The van der Waals surface area contributed by atoms with E-state index in [9.17, 15) is 14.4 Å². The fourth-order valence-corrected chi connectivity index (χ4v) is 9.47. The Morgan fingerprint density at radius 1 is 0.284 bits per heavy atom. The van der Waals surface area contributed by atoms with Crippen molar-refractivity contribution in [1.82, 2.24) is 0 Å². The normalized spacial score (nSPS) is 12.4. The molecule has 0 saturated carbocycles. The highest BCUT2D eigenvalue weighted by Crippen LogP contribution is 2.17. The molecule has 0 fully saturated rings. The number of allylic oxidation sites excluding steroid dienone is 10. The molecule has 6 heteroatoms. The maximum atomic E-state index is 12.9. The lowest BCUT2D eigenvalue weighted by molar-refractivity contribution is -0.167. The lowest BCUT2D eigenvalue weighted by atomic mass is 10.0. The molecule has 0 spiro atoms. The number of rotatable bonds is 59. The van der Waals surface area contributed by atoms with Crippen molar-refractivity contribution >= 4 is 17.9 Å². The van der Waals surface area contributed by atoms with E-state index < -0.39 is 6.10 Å². The van der Waals surface area contributed by atoms with Crippen LogP contribution in [0.3, 0.4) is 0 Å². The summed E-state index contributed by atoms with van der Waals surface area (Å²) in [5, 5.41) is 0. The first-order valence-electron chi connectivity index (χ1n) is 32.3. The molecular weight excluding hydrogens is 913 g/mol. The average Bonchev–Trinajstić information content (AvgIpc) is 3.40. The summed E-state index contributed by atoms with van der Waals surface area (Å²) >= 11 is 0. The van der Waals surface area contributed by atoms with Crippen LogP contribution in [0, 0.1) is 0 Å². The highest BCUT2D eigenvalue weighted by atomic mass is 16.6. The number of esters is 3. The Kier molecular flexibility index (Phi) is 60.2. The van der Waals surface area contributed by atoms with Crippen molar-refractivity contribution < 1.29 is 28.6 Å². The van der Waals surface area contributed by atoms with Gasteiger partial charge >= 0.3 is 17.9 Å². The molecule has 0 aromatic carbocycles. The van der Waals surface area contributed by atoms with Gasteiger partial charge in [-0.3, -0.25) is 14.4 Å². The molecule has 0 aromatic heterocycles. The Morgan fingerprint density at radius 3 is 0.824 bits per heavy atom. The Balaban J connectivity index is 4.29. The zero-order chi connectivity index (χ0) is 53.6. The van der Waals surface area contributed by atoms with E-state index in [0.717, 1.165) is 96.3 Å². The predicted molar refractivity (Wildman–Crippen MR) is 321 cm³/mol. The second kappa shape index (κ2) is 62.6. The number of hydrogen-bond donors (Lipinski definition) is 0. The quantitative estimate of drug-likeness (QED) is 0.0261. The number of hydrogen-bond acceptors (Lipinski definition) is 6. The summed E-state index contributed by atoms with van der Waals surface area (Å²) in [6.07, 6.45) is 79.4. The fourth-order valence-electron chi connectivity index (χ4n) is 9.47. The van der Waals surface area contributed by atoms with Crippen molar-refractivity contribution in [3.05, 3.63) is 60.8 Å². The zero-order valence-corrected chi connectivity index (χ0v) is 49.4. The molecule has 0 aromatic rings. The molecule has 74 heavy (non-hydrogen) atoms. The minimum absolute atomic E-state index is 0.0706. The molecule has 0 bridgehead atoms. The molecular formula is C68H122O6. The van der Waals surface area contributed by atoms with E-state index in [-0.39, 0.29) is 31.1 Å². The van der Waals surface area contributed by atoms with Gasteiger partial charge < -0.3 is 14.2 Å². The van der Waals surface area contributed by atoms with Crippen LogP contribution in [0.15, 0.2) is 60.8 Å². The van der Waals surface area contributed by atoms with Gasteiger partial charge in [0.2, 0.25) is 0 Å². The fraction of sp³-hybridized carbons (Fsp3) is 0.809. The van der Waals surface area contributed by atoms with Gasteiger partial charge in [-0.05, 0) is 64.2 Å². The summed E-state index contributed by atoms with van der Waals surface area (Å²) in [4.78, 5) is 38.3. The minimum atomic E-state index is -0.773. The van der Waals surface area contributed by atoms with Gasteiger partial charge in [-0.25, -0.2) is 0 Å². The van der Waals surface area contributed by atoms with Crippen LogP contribution >= 0.6 is 0 Å². The van der Waals surface area contributed by atoms with Gasteiger partial charge in [0.1, 0.15) is 13.2 Å². The van der Waals surface area contributed by atoms with E-state index in [2.05, 4.69) is 81.5 Å². The molecule has 0 aliphatic rings. The van der Waals surface area contributed by atoms with Crippen LogP contribution in [0.1, 0.15) is 335 Å². The van der Waals surface area contributed by atoms with Gasteiger partial charge in [0.25, 0.3) is 0 Å². The first-order chi connectivity index (χ1) is 36.5. The smallest absolute Gasteiger partial charge is 0.306 e. The molecule has 0 rings (SSSR count). The van der Waals surface area contributed by atoms with E-state index in [1.54, 1.807) is 0 Å². The van der Waals surface area contributed by atoms with Gasteiger partial charge in [-0.2, -0.15) is 0 Å². The monoisotopic (exact) mass is 1030 g/mol. The SMILES string of the molecule is CC/C=C\C/C=C\C/C=C\C/C=C\C/C=C\CCCCCCCCCCCC(=O)OCC(COC(=O)CCCCCCCCCCCCCCC)OC(=O)CCCCCCCCCCCCCCCCCCCC. The summed E-state index contributed by atoms with van der Waals surface area (Å²) in [7, 11) is 0. The van der Waals surface area contributed by atoms with Crippen LogP contribution in [0.25, 0.3) is 0 Å². The van der Waals surface area contributed by atoms with Crippen molar-refractivity contribution in [2.75, 3.05) is 13.2 Å². The topological polar surface area (TPSA) is 78.9 Å². The van der Waals surface area contributed by atoms with Crippen LogP contribution in [-0.4, -0.2) is 37.2 Å². The summed E-state index contributed by atoms with van der Waals surface area (Å²) < 4.78 is 16.9. The van der Waals surface area contributed by atoms with Crippen molar-refractivity contribution in [3.63, 3.8) is 0 Å². The summed E-state index contributed by atoms with van der Waals surface area (Å²) in [6.45, 7) is 6.57. The van der Waals surface area contributed by atoms with Crippen LogP contribution in [0.5, 0.6) is 0 Å². The second-order valence-corrected chi connectivity index (χ2v) is 21.7. The maximum Gasteiger partial charge on any atom is 0.306 e. The Labute approximate surface area is 460 Å². The zero-order valence-electron chi connectivity index (χ0n) is 49.4. The van der Waals surface area contributed by atoms with Crippen LogP contribution in [0.2, 0.25) is 0 Å². The summed E-state index contributed by atoms with van der Waals surface area (Å²) in [5.74, 6) is -0.856. The second-order valence-electron chi connectivity index (χ2n) is 21.7. The summed E-state index contributed by atoms with van der Waals surface area (Å²) in [6, 6.07) is 0. The Hall–Kier alpha value is -2.89. The highest BCUT2D eigenvalue weighted by Gasteiger charge is 2.19. The molecule has 0 radical (unpaired) electrons. The van der Waals surface area contributed by atoms with Crippen molar-refractivity contribution in [2.45, 2.75) is 341 Å². The third-order valence-electron chi connectivity index (χ3n) is 14.3. The van der Waals surface area contributed by atoms with E-state index in [4.69, 9.17) is 14.2 Å². The molecule has 6 nitrogen and oxygen atoms in total. The van der Waals surface area contributed by atoms with Crippen molar-refractivity contribution in [3.8, 4) is 0 Å². The van der Waals surface area contributed by atoms with E-state index in [1.807, 2.05) is 0 Å². The number of carbonyl (C=O) groups is 3. The van der Waals surface area contributed by atoms with Gasteiger partial charge in [0, 0.05) is 19.3 Å². The molecule has 1 unspecified atom stereocenters. The van der Waals surface area contributed by atoms with Gasteiger partial charge in [0.15, 0.2) is 6.10 Å². The lowest BCUT2D eigenvalue weighted by Crippen LogP contribution is -2.30. The molecule has 0 heterocycles. The molecule has 1 atom stereocenters. The first kappa shape index (κ1) is 71.1. The van der Waals surface area contributed by atoms with Crippen LogP contribution < -0.4 is 0 Å². The maximum absolute atomic E-state index is 12.9. The third kappa shape index (κ3) is 60.0. The molecule has 0 saturated heterocycles.